The quantitative estimate of drug-likeness (QED) is 0.760. The van der Waals surface area contributed by atoms with E-state index in [2.05, 4.69) is 41.1 Å². The summed E-state index contributed by atoms with van der Waals surface area (Å²) in [4.78, 5) is 4.74. The molecule has 3 heteroatoms. The third-order valence-corrected chi connectivity index (χ3v) is 5.25. The summed E-state index contributed by atoms with van der Waals surface area (Å²) in [6.07, 6.45) is 6.42. The number of hydrogen-bond acceptors (Lipinski definition) is 3. The molecule has 1 aromatic carbocycles. The lowest BCUT2D eigenvalue weighted by Crippen LogP contribution is -2.69. The zero-order valence-electron chi connectivity index (χ0n) is 10.9. The minimum atomic E-state index is -0.614. The summed E-state index contributed by atoms with van der Waals surface area (Å²) >= 11 is 0. The molecule has 0 aliphatic carbocycles. The molecule has 1 N–H and O–H groups in total. The number of piperidine rings is 2. The van der Waals surface area contributed by atoms with Crippen LogP contribution in [0.25, 0.3) is 0 Å². The van der Waals surface area contributed by atoms with Crippen molar-refractivity contribution >= 4 is 11.4 Å². The minimum absolute atomic E-state index is 0.0366. The molecule has 3 nitrogen and oxygen atoms in total. The SMILES string of the molecule is CN1c2ccccc2N2C3(O)CCCC12CCC3. The summed E-state index contributed by atoms with van der Waals surface area (Å²) in [5.74, 6) is 0. The highest BCUT2D eigenvalue weighted by molar-refractivity contribution is 5.80. The van der Waals surface area contributed by atoms with Crippen LogP contribution in [0.2, 0.25) is 0 Å². The molecule has 0 atom stereocenters. The Morgan fingerprint density at radius 3 is 2.28 bits per heavy atom. The summed E-state index contributed by atoms with van der Waals surface area (Å²) in [5, 5.41) is 11.0. The van der Waals surface area contributed by atoms with Gasteiger partial charge in [-0.15, -0.1) is 0 Å². The molecule has 4 rings (SSSR count). The van der Waals surface area contributed by atoms with E-state index in [1.54, 1.807) is 0 Å². The van der Waals surface area contributed by atoms with Gasteiger partial charge < -0.3 is 14.9 Å². The van der Waals surface area contributed by atoms with E-state index in [0.29, 0.717) is 0 Å². The largest absolute Gasteiger partial charge is 0.371 e. The maximum Gasteiger partial charge on any atom is 0.139 e. The van der Waals surface area contributed by atoms with Crippen LogP contribution in [0.5, 0.6) is 0 Å². The first kappa shape index (κ1) is 10.7. The topological polar surface area (TPSA) is 26.7 Å². The van der Waals surface area contributed by atoms with Crippen molar-refractivity contribution in [2.45, 2.75) is 49.9 Å². The fourth-order valence-electron chi connectivity index (χ4n) is 4.49. The Balaban J connectivity index is 1.96. The summed E-state index contributed by atoms with van der Waals surface area (Å²) in [6, 6.07) is 8.52. The highest BCUT2D eigenvalue weighted by Gasteiger charge is 2.59. The van der Waals surface area contributed by atoms with Gasteiger partial charge in [-0.25, -0.2) is 0 Å². The Kier molecular flexibility index (Phi) is 1.90. The Hall–Kier alpha value is -1.22. The number of anilines is 2. The molecule has 3 aliphatic rings. The average Bonchev–Trinajstić information content (AvgIpc) is 2.62. The van der Waals surface area contributed by atoms with Gasteiger partial charge in [-0.1, -0.05) is 12.1 Å². The van der Waals surface area contributed by atoms with E-state index >= 15 is 0 Å². The molecule has 0 radical (unpaired) electrons. The van der Waals surface area contributed by atoms with Crippen molar-refractivity contribution in [1.29, 1.82) is 0 Å². The molecular formula is C15H20N2O. The minimum Gasteiger partial charge on any atom is -0.371 e. The lowest BCUT2D eigenvalue weighted by molar-refractivity contribution is -0.0489. The van der Waals surface area contributed by atoms with Gasteiger partial charge in [0.15, 0.2) is 0 Å². The van der Waals surface area contributed by atoms with Crippen LogP contribution in [0.15, 0.2) is 24.3 Å². The molecule has 96 valence electrons. The van der Waals surface area contributed by atoms with Gasteiger partial charge in [-0.2, -0.15) is 0 Å². The third kappa shape index (κ3) is 1.05. The maximum atomic E-state index is 11.0. The second kappa shape index (κ2) is 3.21. The molecule has 1 aromatic rings. The van der Waals surface area contributed by atoms with Crippen molar-refractivity contribution in [2.75, 3.05) is 16.8 Å². The van der Waals surface area contributed by atoms with E-state index < -0.39 is 5.72 Å². The normalized spacial score (nSPS) is 37.4. The van der Waals surface area contributed by atoms with Crippen molar-refractivity contribution in [1.82, 2.24) is 0 Å². The van der Waals surface area contributed by atoms with Crippen molar-refractivity contribution in [2.24, 2.45) is 0 Å². The highest BCUT2D eigenvalue weighted by atomic mass is 16.3. The van der Waals surface area contributed by atoms with Crippen molar-refractivity contribution in [3.8, 4) is 0 Å². The Morgan fingerprint density at radius 2 is 1.61 bits per heavy atom. The van der Waals surface area contributed by atoms with Crippen molar-refractivity contribution in [3.63, 3.8) is 0 Å². The molecule has 0 spiro atoms. The standard InChI is InChI=1S/C15H20N2O/c1-16-12-6-2-3-7-13(12)17-14(16)8-4-10-15(17,18)11-5-9-14/h2-3,6-7,18H,4-5,8-11H2,1H3. The average molecular weight is 244 g/mol. The van der Waals surface area contributed by atoms with Crippen LogP contribution in [0.1, 0.15) is 38.5 Å². The first-order valence-corrected chi connectivity index (χ1v) is 7.03. The van der Waals surface area contributed by atoms with Gasteiger partial charge in [0.25, 0.3) is 0 Å². The summed E-state index contributed by atoms with van der Waals surface area (Å²) < 4.78 is 0. The predicted molar refractivity (Wildman–Crippen MR) is 72.7 cm³/mol. The molecule has 0 aromatic heterocycles. The second-order valence-corrected chi connectivity index (χ2v) is 6.06. The molecular weight excluding hydrogens is 224 g/mol. The number of aliphatic hydroxyl groups is 1. The fraction of sp³-hybridized carbons (Fsp3) is 0.600. The number of nitrogens with zero attached hydrogens (tertiary/aromatic N) is 2. The number of para-hydroxylation sites is 2. The van der Waals surface area contributed by atoms with Gasteiger partial charge in [-0.05, 0) is 50.7 Å². The van der Waals surface area contributed by atoms with E-state index in [0.717, 1.165) is 25.7 Å². The van der Waals surface area contributed by atoms with Crippen molar-refractivity contribution < 1.29 is 5.11 Å². The number of rotatable bonds is 0. The molecule has 0 saturated carbocycles. The van der Waals surface area contributed by atoms with Crippen LogP contribution in [0.4, 0.5) is 11.4 Å². The molecule has 3 heterocycles. The van der Waals surface area contributed by atoms with Gasteiger partial charge in [0.05, 0.1) is 11.4 Å². The smallest absolute Gasteiger partial charge is 0.139 e. The van der Waals surface area contributed by atoms with Crippen LogP contribution in [0, 0.1) is 0 Å². The van der Waals surface area contributed by atoms with Crippen LogP contribution >= 0.6 is 0 Å². The molecule has 2 bridgehead atoms. The molecule has 3 aliphatic heterocycles. The summed E-state index contributed by atoms with van der Waals surface area (Å²) in [7, 11) is 2.19. The Labute approximate surface area is 108 Å². The Morgan fingerprint density at radius 1 is 1.00 bits per heavy atom. The van der Waals surface area contributed by atoms with Gasteiger partial charge in [-0.3, -0.25) is 0 Å². The van der Waals surface area contributed by atoms with Gasteiger partial charge in [0, 0.05) is 7.05 Å². The Bertz CT molecular complexity index is 489. The van der Waals surface area contributed by atoms with Crippen LogP contribution < -0.4 is 9.80 Å². The zero-order valence-corrected chi connectivity index (χ0v) is 10.9. The maximum absolute atomic E-state index is 11.0. The van der Waals surface area contributed by atoms with E-state index in [4.69, 9.17) is 0 Å². The molecule has 18 heavy (non-hydrogen) atoms. The summed E-state index contributed by atoms with van der Waals surface area (Å²) in [6.45, 7) is 0. The molecule has 0 unspecified atom stereocenters. The number of hydrogen-bond donors (Lipinski definition) is 1. The molecule has 2 saturated heterocycles. The van der Waals surface area contributed by atoms with Gasteiger partial charge in [0.1, 0.15) is 11.4 Å². The van der Waals surface area contributed by atoms with Crippen molar-refractivity contribution in [3.05, 3.63) is 24.3 Å². The van der Waals surface area contributed by atoms with E-state index in [-0.39, 0.29) is 5.66 Å². The first-order valence-electron chi connectivity index (χ1n) is 7.03. The number of benzene rings is 1. The van der Waals surface area contributed by atoms with Gasteiger partial charge in [0.2, 0.25) is 0 Å². The van der Waals surface area contributed by atoms with E-state index in [1.165, 1.54) is 24.2 Å². The number of fused-ring (bicyclic) bond motifs is 1. The fourth-order valence-corrected chi connectivity index (χ4v) is 4.49. The summed E-state index contributed by atoms with van der Waals surface area (Å²) in [5.41, 5.74) is 1.92. The van der Waals surface area contributed by atoms with Crippen LogP contribution in [0.3, 0.4) is 0 Å². The monoisotopic (exact) mass is 244 g/mol. The lowest BCUT2D eigenvalue weighted by atomic mass is 9.77. The third-order valence-electron chi connectivity index (χ3n) is 5.25. The highest BCUT2D eigenvalue weighted by Crippen LogP contribution is 2.57. The molecule has 0 amide bonds. The van der Waals surface area contributed by atoms with Gasteiger partial charge >= 0.3 is 0 Å². The zero-order chi connectivity index (χ0) is 12.4. The first-order chi connectivity index (χ1) is 8.67. The van der Waals surface area contributed by atoms with Crippen LogP contribution in [-0.2, 0) is 0 Å². The molecule has 2 fully saturated rings. The predicted octanol–water partition coefficient (Wildman–Crippen LogP) is 2.70. The van der Waals surface area contributed by atoms with Crippen LogP contribution in [-0.4, -0.2) is 23.5 Å². The van der Waals surface area contributed by atoms with E-state index in [1.807, 2.05) is 0 Å². The van der Waals surface area contributed by atoms with E-state index in [9.17, 15) is 5.11 Å². The lowest BCUT2D eigenvalue weighted by Gasteiger charge is -2.58. The second-order valence-electron chi connectivity index (χ2n) is 6.06.